The van der Waals surface area contributed by atoms with Crippen molar-refractivity contribution in [2.45, 2.75) is 5.16 Å². The highest BCUT2D eigenvalue weighted by molar-refractivity contribution is 7.98. The summed E-state index contributed by atoms with van der Waals surface area (Å²) in [6.45, 7) is 0. The lowest BCUT2D eigenvalue weighted by Gasteiger charge is -2.02. The van der Waals surface area contributed by atoms with Crippen LogP contribution in [0.1, 0.15) is 0 Å². The number of carbonyl (C=O) groups is 1. The maximum atomic E-state index is 11.7. The smallest absolute Gasteiger partial charge is 0.306 e. The molecule has 1 N–H and O–H groups in total. The molecule has 0 spiro atoms. The van der Waals surface area contributed by atoms with E-state index in [1.54, 1.807) is 0 Å². The van der Waals surface area contributed by atoms with Crippen molar-refractivity contribution in [3.63, 3.8) is 0 Å². The topological polar surface area (TPSA) is 59.8 Å². The largest absolute Gasteiger partial charge is 0.348 e. The molecule has 0 bridgehead atoms. The van der Waals surface area contributed by atoms with Gasteiger partial charge in [-0.1, -0.05) is 30.0 Å². The van der Waals surface area contributed by atoms with E-state index >= 15 is 0 Å². The van der Waals surface area contributed by atoms with Crippen LogP contribution in [-0.4, -0.2) is 27.1 Å². The minimum Gasteiger partial charge on any atom is -0.306 e. The highest BCUT2D eigenvalue weighted by Crippen LogP contribution is 2.08. The summed E-state index contributed by atoms with van der Waals surface area (Å²) in [4.78, 5) is 15.6. The van der Waals surface area contributed by atoms with Crippen LogP contribution >= 0.6 is 11.8 Å². The van der Waals surface area contributed by atoms with E-state index in [0.717, 1.165) is 5.69 Å². The number of nitrogens with zero attached hydrogens (tertiary/aromatic N) is 3. The quantitative estimate of drug-likeness (QED) is 0.808. The first-order chi connectivity index (χ1) is 7.79. The molecule has 5 nitrogen and oxygen atoms in total. The molecule has 0 aliphatic rings. The summed E-state index contributed by atoms with van der Waals surface area (Å²) in [5.41, 5.74) is 0.730. The second-order valence-corrected chi connectivity index (χ2v) is 3.75. The molecule has 1 aromatic carbocycles. The van der Waals surface area contributed by atoms with Gasteiger partial charge in [-0.05, 0) is 18.4 Å². The van der Waals surface area contributed by atoms with Crippen LogP contribution in [0.15, 0.2) is 41.8 Å². The number of thioether (sulfide) groups is 1. The zero-order valence-corrected chi connectivity index (χ0v) is 9.44. The number of nitrogens with one attached hydrogen (secondary N) is 1. The molecule has 0 saturated carbocycles. The lowest BCUT2D eigenvalue weighted by Crippen LogP contribution is -2.19. The summed E-state index contributed by atoms with van der Waals surface area (Å²) < 4.78 is 1.18. The van der Waals surface area contributed by atoms with Gasteiger partial charge in [-0.2, -0.15) is 4.68 Å². The third kappa shape index (κ3) is 2.40. The van der Waals surface area contributed by atoms with Gasteiger partial charge in [-0.25, -0.2) is 9.78 Å². The Bertz CT molecular complexity index is 483. The van der Waals surface area contributed by atoms with Gasteiger partial charge in [-0.3, -0.25) is 0 Å². The molecule has 0 aliphatic carbocycles. The molecule has 0 aliphatic heterocycles. The van der Waals surface area contributed by atoms with Crippen molar-refractivity contribution in [1.29, 1.82) is 0 Å². The van der Waals surface area contributed by atoms with Crippen molar-refractivity contribution >= 4 is 23.5 Å². The van der Waals surface area contributed by atoms with Gasteiger partial charge in [0.25, 0.3) is 0 Å². The van der Waals surface area contributed by atoms with E-state index < -0.39 is 0 Å². The molecule has 2 aromatic rings. The van der Waals surface area contributed by atoms with Gasteiger partial charge in [0.2, 0.25) is 5.16 Å². The highest BCUT2D eigenvalue weighted by atomic mass is 32.2. The van der Waals surface area contributed by atoms with Gasteiger partial charge < -0.3 is 5.32 Å². The molecule has 82 valence electrons. The van der Waals surface area contributed by atoms with Crippen LogP contribution in [0.3, 0.4) is 0 Å². The third-order valence-electron chi connectivity index (χ3n) is 1.89. The molecule has 16 heavy (non-hydrogen) atoms. The molecule has 2 rings (SSSR count). The molecule has 1 aromatic heterocycles. The summed E-state index contributed by atoms with van der Waals surface area (Å²) in [5, 5.41) is 7.26. The molecule has 1 heterocycles. The molecule has 6 heteroatoms. The third-order valence-corrected chi connectivity index (χ3v) is 2.44. The number of carbonyl (C=O) groups excluding carboxylic acids is 1. The number of rotatable bonds is 2. The fraction of sp³-hybridized carbons (Fsp3) is 0.100. The van der Waals surface area contributed by atoms with Gasteiger partial charge in [0, 0.05) is 5.69 Å². The minimum atomic E-state index is -0.320. The van der Waals surface area contributed by atoms with Crippen LogP contribution < -0.4 is 5.32 Å². The van der Waals surface area contributed by atoms with Gasteiger partial charge in [0.05, 0.1) is 0 Å². The number of anilines is 1. The number of benzene rings is 1. The number of hydrogen-bond donors (Lipinski definition) is 1. The second kappa shape index (κ2) is 4.80. The van der Waals surface area contributed by atoms with Crippen molar-refractivity contribution in [3.8, 4) is 0 Å². The van der Waals surface area contributed by atoms with E-state index in [0.29, 0.717) is 5.16 Å². The Morgan fingerprint density at radius 3 is 2.75 bits per heavy atom. The molecular formula is C10H10N4OS. The standard InChI is InChI=1S/C10H10N4OS/c1-16-9-11-7-14(13-9)10(15)12-8-5-3-2-4-6-8/h2-7H,1H3,(H,12,15). The number of hydrogen-bond acceptors (Lipinski definition) is 4. The summed E-state index contributed by atoms with van der Waals surface area (Å²) in [6.07, 6.45) is 3.25. The molecule has 1 amide bonds. The Balaban J connectivity index is 2.09. The van der Waals surface area contributed by atoms with Crippen LogP contribution in [0, 0.1) is 0 Å². The lowest BCUT2D eigenvalue weighted by atomic mass is 10.3. The number of para-hydroxylation sites is 1. The van der Waals surface area contributed by atoms with E-state index in [2.05, 4.69) is 15.4 Å². The zero-order chi connectivity index (χ0) is 11.4. The SMILES string of the molecule is CSc1ncn(C(=O)Nc2ccccc2)n1. The maximum Gasteiger partial charge on any atom is 0.348 e. The van der Waals surface area contributed by atoms with Crippen LogP contribution in [-0.2, 0) is 0 Å². The van der Waals surface area contributed by atoms with Crippen molar-refractivity contribution in [2.24, 2.45) is 0 Å². The Morgan fingerprint density at radius 2 is 2.12 bits per heavy atom. The summed E-state index contributed by atoms with van der Waals surface area (Å²) in [6, 6.07) is 8.89. The second-order valence-electron chi connectivity index (χ2n) is 2.97. The molecule has 0 radical (unpaired) electrons. The van der Waals surface area contributed by atoms with Crippen molar-refractivity contribution in [1.82, 2.24) is 14.8 Å². The average Bonchev–Trinajstić information content (AvgIpc) is 2.79. The van der Waals surface area contributed by atoms with Gasteiger partial charge >= 0.3 is 6.03 Å². The predicted octanol–water partition coefficient (Wildman–Crippen LogP) is 2.08. The zero-order valence-electron chi connectivity index (χ0n) is 8.62. The first-order valence-corrected chi connectivity index (χ1v) is 5.84. The Morgan fingerprint density at radius 1 is 1.38 bits per heavy atom. The maximum absolute atomic E-state index is 11.7. The van der Waals surface area contributed by atoms with Crippen LogP contribution in [0.2, 0.25) is 0 Å². The molecule has 0 fully saturated rings. The van der Waals surface area contributed by atoms with E-state index in [1.165, 1.54) is 22.8 Å². The Kier molecular flexibility index (Phi) is 3.21. The van der Waals surface area contributed by atoms with Crippen molar-refractivity contribution in [2.75, 3.05) is 11.6 Å². The fourth-order valence-electron chi connectivity index (χ4n) is 1.14. The Labute approximate surface area is 96.9 Å². The van der Waals surface area contributed by atoms with E-state index in [-0.39, 0.29) is 6.03 Å². The first-order valence-electron chi connectivity index (χ1n) is 4.61. The first kappa shape index (κ1) is 10.7. The number of aromatic nitrogens is 3. The van der Waals surface area contributed by atoms with Crippen molar-refractivity contribution in [3.05, 3.63) is 36.7 Å². The van der Waals surface area contributed by atoms with Crippen LogP contribution in [0.25, 0.3) is 0 Å². The minimum absolute atomic E-state index is 0.320. The molecular weight excluding hydrogens is 224 g/mol. The summed E-state index contributed by atoms with van der Waals surface area (Å²) in [7, 11) is 0. The van der Waals surface area contributed by atoms with Gasteiger partial charge in [-0.15, -0.1) is 5.10 Å². The molecule has 0 saturated heterocycles. The van der Waals surface area contributed by atoms with Crippen molar-refractivity contribution < 1.29 is 4.79 Å². The predicted molar refractivity (Wildman–Crippen MR) is 62.7 cm³/mol. The summed E-state index contributed by atoms with van der Waals surface area (Å²) in [5.74, 6) is 0. The normalized spacial score (nSPS) is 10.1. The summed E-state index contributed by atoms with van der Waals surface area (Å²) >= 11 is 1.39. The van der Waals surface area contributed by atoms with E-state index in [4.69, 9.17) is 0 Å². The van der Waals surface area contributed by atoms with Crippen LogP contribution in [0.5, 0.6) is 0 Å². The highest BCUT2D eigenvalue weighted by Gasteiger charge is 2.07. The molecule has 0 atom stereocenters. The molecule has 0 unspecified atom stereocenters. The monoisotopic (exact) mass is 234 g/mol. The lowest BCUT2D eigenvalue weighted by molar-refractivity contribution is 0.250. The van der Waals surface area contributed by atoms with Gasteiger partial charge in [0.15, 0.2) is 0 Å². The van der Waals surface area contributed by atoms with Crippen LogP contribution in [0.4, 0.5) is 10.5 Å². The van der Waals surface area contributed by atoms with E-state index in [9.17, 15) is 4.79 Å². The number of amides is 1. The average molecular weight is 234 g/mol. The Hall–Kier alpha value is -1.82. The van der Waals surface area contributed by atoms with E-state index in [1.807, 2.05) is 36.6 Å². The van der Waals surface area contributed by atoms with Gasteiger partial charge in [0.1, 0.15) is 6.33 Å². The fourth-order valence-corrected chi connectivity index (χ4v) is 1.46.